The molecule has 1 aliphatic rings. The van der Waals surface area contributed by atoms with E-state index in [0.717, 1.165) is 46.3 Å². The Labute approximate surface area is 242 Å². The number of rotatable bonds is 9. The number of benzene rings is 3. The molecule has 1 aromatic heterocycles. The van der Waals surface area contributed by atoms with Crippen LogP contribution in [0.15, 0.2) is 90.1 Å². The summed E-state index contributed by atoms with van der Waals surface area (Å²) in [5.74, 6) is 0.684. The number of aromatic nitrogens is 2. The molecule has 0 bridgehead atoms. The molecule has 41 heavy (non-hydrogen) atoms. The van der Waals surface area contributed by atoms with Crippen LogP contribution >= 0.6 is 0 Å². The lowest BCUT2D eigenvalue weighted by molar-refractivity contribution is -0.119. The molecular formula is C33H36N4O3S. The van der Waals surface area contributed by atoms with Crippen LogP contribution in [0.4, 0.5) is 5.69 Å². The molecular weight excluding hydrogens is 532 g/mol. The molecule has 0 aliphatic heterocycles. The van der Waals surface area contributed by atoms with E-state index in [1.807, 2.05) is 68.4 Å². The molecule has 7 nitrogen and oxygen atoms in total. The molecule has 4 aromatic rings. The van der Waals surface area contributed by atoms with E-state index in [9.17, 15) is 13.2 Å². The van der Waals surface area contributed by atoms with Gasteiger partial charge in [0.05, 0.1) is 11.4 Å². The third kappa shape index (κ3) is 6.89. The summed E-state index contributed by atoms with van der Waals surface area (Å²) in [5.41, 5.74) is 5.57. The lowest BCUT2D eigenvalue weighted by Gasteiger charge is -2.30. The van der Waals surface area contributed by atoms with Crippen LogP contribution < -0.4 is 9.62 Å². The molecule has 0 unspecified atom stereocenters. The summed E-state index contributed by atoms with van der Waals surface area (Å²) < 4.78 is 29.6. The lowest BCUT2D eigenvalue weighted by atomic mass is 9.87. The highest BCUT2D eigenvalue weighted by Gasteiger charge is 2.28. The van der Waals surface area contributed by atoms with Crippen molar-refractivity contribution in [2.75, 3.05) is 4.90 Å². The van der Waals surface area contributed by atoms with Crippen LogP contribution in [-0.2, 0) is 27.8 Å². The van der Waals surface area contributed by atoms with Gasteiger partial charge in [-0.25, -0.2) is 23.1 Å². The fourth-order valence-corrected chi connectivity index (χ4v) is 6.75. The van der Waals surface area contributed by atoms with Crippen LogP contribution in [0.5, 0.6) is 0 Å². The summed E-state index contributed by atoms with van der Waals surface area (Å²) in [6, 6.07) is 22.6. The molecule has 212 valence electrons. The highest BCUT2D eigenvalue weighted by Crippen LogP contribution is 2.35. The third-order valence-corrected chi connectivity index (χ3v) is 9.15. The van der Waals surface area contributed by atoms with Crippen molar-refractivity contribution in [1.82, 2.24) is 14.7 Å². The summed E-state index contributed by atoms with van der Waals surface area (Å²) in [6.07, 6.45) is 6.26. The van der Waals surface area contributed by atoms with Gasteiger partial charge in [0.1, 0.15) is 5.82 Å². The quantitative estimate of drug-likeness (QED) is 0.260. The van der Waals surface area contributed by atoms with Crippen LogP contribution in [0, 0.1) is 13.8 Å². The molecule has 0 radical (unpaired) electrons. The normalized spacial score (nSPS) is 15.6. The fraction of sp³-hybridized carbons (Fsp3) is 0.303. The van der Waals surface area contributed by atoms with Gasteiger partial charge in [-0.15, -0.1) is 0 Å². The first-order valence-corrected chi connectivity index (χ1v) is 15.5. The maximum absolute atomic E-state index is 13.9. The summed E-state index contributed by atoms with van der Waals surface area (Å²) in [7, 11) is -3.72. The van der Waals surface area contributed by atoms with Gasteiger partial charge in [-0.1, -0.05) is 55.5 Å². The first-order chi connectivity index (χ1) is 19.7. The zero-order chi connectivity index (χ0) is 29.0. The minimum Gasteiger partial charge on any atom is -0.308 e. The number of hydrogen-bond acceptors (Lipinski definition) is 5. The topological polar surface area (TPSA) is 92.3 Å². The van der Waals surface area contributed by atoms with E-state index in [-0.39, 0.29) is 22.8 Å². The predicted octanol–water partition coefficient (Wildman–Crippen LogP) is 6.18. The third-order valence-electron chi connectivity index (χ3n) is 7.68. The summed E-state index contributed by atoms with van der Waals surface area (Å²) in [5, 5.41) is 0. The van der Waals surface area contributed by atoms with E-state index in [4.69, 9.17) is 0 Å². The summed E-state index contributed by atoms with van der Waals surface area (Å²) >= 11 is 0. The van der Waals surface area contributed by atoms with Crippen LogP contribution in [0.2, 0.25) is 0 Å². The molecule has 5 rings (SSSR count). The number of amides is 1. The van der Waals surface area contributed by atoms with Crippen molar-refractivity contribution in [1.29, 1.82) is 0 Å². The second-order valence-corrected chi connectivity index (χ2v) is 12.6. The highest BCUT2D eigenvalue weighted by molar-refractivity contribution is 7.89. The van der Waals surface area contributed by atoms with E-state index in [2.05, 4.69) is 21.6 Å². The maximum atomic E-state index is 13.9. The Balaban J connectivity index is 1.46. The average molecular weight is 569 g/mol. The molecule has 1 heterocycles. The molecule has 0 fully saturated rings. The second-order valence-electron chi connectivity index (χ2n) is 10.9. The Hall–Kier alpha value is -3.88. The van der Waals surface area contributed by atoms with Gasteiger partial charge in [-0.05, 0) is 85.5 Å². The number of hydrogen-bond donors (Lipinski definition) is 1. The van der Waals surface area contributed by atoms with Crippen molar-refractivity contribution in [3.63, 3.8) is 0 Å². The molecule has 0 spiro atoms. The Bertz CT molecular complexity index is 1620. The molecule has 2 atom stereocenters. The first kappa shape index (κ1) is 28.6. The van der Waals surface area contributed by atoms with E-state index in [0.29, 0.717) is 25.2 Å². The molecule has 3 aromatic carbocycles. The van der Waals surface area contributed by atoms with Gasteiger partial charge >= 0.3 is 0 Å². The number of sulfonamides is 1. The average Bonchev–Trinajstić information content (AvgIpc) is 2.97. The van der Waals surface area contributed by atoms with Crippen molar-refractivity contribution in [2.24, 2.45) is 0 Å². The Morgan fingerprint density at radius 1 is 1.00 bits per heavy atom. The molecule has 8 heteroatoms. The second kappa shape index (κ2) is 12.3. The zero-order valence-corrected chi connectivity index (χ0v) is 24.6. The Morgan fingerprint density at radius 3 is 2.49 bits per heavy atom. The van der Waals surface area contributed by atoms with E-state index in [1.165, 1.54) is 0 Å². The first-order valence-electron chi connectivity index (χ1n) is 14.0. The van der Waals surface area contributed by atoms with Gasteiger partial charge in [0.25, 0.3) is 0 Å². The standard InChI is InChI=1S/C33H36N4O3S/c1-23-9-7-13-30(17-23)41(39,40)36-32-14-8-12-28-15-16-29(19-31(28)32)37(22-26-20-34-25(3)35-21-26)33(38)18-24(2)27-10-5-4-6-11-27/h4-7,9-11,13,15-17,19-21,24,32,36H,8,12,14,18,22H2,1-3H3/t24-,32-/m1/s1. The minimum absolute atomic E-state index is 0.0189. The van der Waals surface area contributed by atoms with Crippen LogP contribution in [-0.4, -0.2) is 24.3 Å². The molecule has 1 N–H and O–H groups in total. The van der Waals surface area contributed by atoms with Crippen LogP contribution in [0.25, 0.3) is 0 Å². The number of anilines is 1. The summed E-state index contributed by atoms with van der Waals surface area (Å²) in [6.45, 7) is 6.09. The van der Waals surface area contributed by atoms with Gasteiger partial charge in [0.2, 0.25) is 15.9 Å². The van der Waals surface area contributed by atoms with E-state index >= 15 is 0 Å². The van der Waals surface area contributed by atoms with Gasteiger partial charge in [-0.3, -0.25) is 4.79 Å². The number of aryl methyl sites for hydroxylation is 3. The Kier molecular flexibility index (Phi) is 8.61. The fourth-order valence-electron chi connectivity index (χ4n) is 5.39. The van der Waals surface area contributed by atoms with Crippen LogP contribution in [0.1, 0.15) is 71.8 Å². The Morgan fingerprint density at radius 2 is 1.76 bits per heavy atom. The predicted molar refractivity (Wildman–Crippen MR) is 161 cm³/mol. The van der Waals surface area contributed by atoms with Crippen molar-refractivity contribution in [3.05, 3.63) is 119 Å². The number of nitrogens with one attached hydrogen (secondary N) is 1. The van der Waals surface area contributed by atoms with Crippen molar-refractivity contribution >= 4 is 21.6 Å². The maximum Gasteiger partial charge on any atom is 0.241 e. The monoisotopic (exact) mass is 568 g/mol. The zero-order valence-electron chi connectivity index (χ0n) is 23.7. The molecule has 0 saturated carbocycles. The van der Waals surface area contributed by atoms with Crippen LogP contribution in [0.3, 0.4) is 0 Å². The molecule has 1 amide bonds. The number of carbonyl (C=O) groups excluding carboxylic acids is 1. The highest BCUT2D eigenvalue weighted by atomic mass is 32.2. The van der Waals surface area contributed by atoms with E-state index < -0.39 is 10.0 Å². The molecule has 1 aliphatic carbocycles. The summed E-state index contributed by atoms with van der Waals surface area (Å²) in [4.78, 5) is 24.5. The minimum atomic E-state index is -3.72. The van der Waals surface area contributed by atoms with Crippen molar-refractivity contribution in [3.8, 4) is 0 Å². The van der Waals surface area contributed by atoms with Gasteiger partial charge in [-0.2, -0.15) is 0 Å². The number of carbonyl (C=O) groups is 1. The van der Waals surface area contributed by atoms with Gasteiger partial charge in [0, 0.05) is 36.1 Å². The van der Waals surface area contributed by atoms with Gasteiger partial charge < -0.3 is 4.90 Å². The largest absolute Gasteiger partial charge is 0.308 e. The smallest absolute Gasteiger partial charge is 0.241 e. The van der Waals surface area contributed by atoms with E-state index in [1.54, 1.807) is 35.5 Å². The van der Waals surface area contributed by atoms with Gasteiger partial charge in [0.15, 0.2) is 0 Å². The SMILES string of the molecule is Cc1cccc(S(=O)(=O)N[C@@H]2CCCc3ccc(N(Cc4cnc(C)nc4)C(=O)C[C@@H](C)c4ccccc4)cc32)c1. The van der Waals surface area contributed by atoms with Crippen molar-refractivity contribution in [2.45, 2.75) is 69.9 Å². The molecule has 0 saturated heterocycles. The number of nitrogens with zero attached hydrogens (tertiary/aromatic N) is 3. The number of fused-ring (bicyclic) bond motifs is 1. The van der Waals surface area contributed by atoms with Crippen molar-refractivity contribution < 1.29 is 13.2 Å². The lowest BCUT2D eigenvalue weighted by Crippen LogP contribution is -2.33.